The van der Waals surface area contributed by atoms with Gasteiger partial charge in [-0.3, -0.25) is 9.59 Å². The molecule has 0 spiro atoms. The van der Waals surface area contributed by atoms with Crippen LogP contribution in [0.15, 0.2) is 30.3 Å². The first-order chi connectivity index (χ1) is 10.5. The Hall–Kier alpha value is -1.55. The molecule has 120 valence electrons. The predicted molar refractivity (Wildman–Crippen MR) is 87.0 cm³/mol. The Bertz CT molecular complexity index is 520. The molecule has 0 N–H and O–H groups in total. The number of carbonyl (C=O) groups excluding carboxylic acids is 2. The minimum absolute atomic E-state index is 0.0301. The SMILES string of the molecule is CC(=O)OC1CC(C)CC1N(C(=O)CCCl)c1ccccc1. The molecule has 1 aromatic rings. The number of anilines is 1. The van der Waals surface area contributed by atoms with E-state index in [4.69, 9.17) is 16.3 Å². The Balaban J connectivity index is 2.30. The first-order valence-corrected chi connectivity index (χ1v) is 8.16. The van der Waals surface area contributed by atoms with Crippen molar-refractivity contribution in [2.24, 2.45) is 5.92 Å². The lowest BCUT2D eigenvalue weighted by molar-refractivity contribution is -0.147. The molecule has 1 aliphatic carbocycles. The van der Waals surface area contributed by atoms with Crippen molar-refractivity contribution < 1.29 is 14.3 Å². The molecule has 0 aromatic heterocycles. The van der Waals surface area contributed by atoms with Gasteiger partial charge in [-0.2, -0.15) is 0 Å². The number of alkyl halides is 1. The molecule has 4 nitrogen and oxygen atoms in total. The van der Waals surface area contributed by atoms with Gasteiger partial charge < -0.3 is 9.64 Å². The van der Waals surface area contributed by atoms with Crippen molar-refractivity contribution in [2.75, 3.05) is 10.8 Å². The van der Waals surface area contributed by atoms with Crippen molar-refractivity contribution in [3.63, 3.8) is 0 Å². The summed E-state index contributed by atoms with van der Waals surface area (Å²) in [7, 11) is 0. The lowest BCUT2D eigenvalue weighted by Gasteiger charge is -2.32. The highest BCUT2D eigenvalue weighted by atomic mass is 35.5. The van der Waals surface area contributed by atoms with Gasteiger partial charge in [0.2, 0.25) is 5.91 Å². The van der Waals surface area contributed by atoms with Crippen molar-refractivity contribution in [2.45, 2.75) is 45.3 Å². The van der Waals surface area contributed by atoms with Crippen LogP contribution in [0, 0.1) is 5.92 Å². The smallest absolute Gasteiger partial charge is 0.302 e. The molecule has 1 fully saturated rings. The molecule has 1 amide bonds. The maximum atomic E-state index is 12.6. The summed E-state index contributed by atoms with van der Waals surface area (Å²) in [6.07, 6.45) is 1.61. The molecular weight excluding hydrogens is 302 g/mol. The molecule has 1 saturated carbocycles. The Kier molecular flexibility index (Phi) is 5.83. The normalized spacial score (nSPS) is 24.0. The third-order valence-corrected chi connectivity index (χ3v) is 4.16. The van der Waals surface area contributed by atoms with E-state index >= 15 is 0 Å². The van der Waals surface area contributed by atoms with Crippen LogP contribution in [-0.2, 0) is 14.3 Å². The third-order valence-electron chi connectivity index (χ3n) is 3.97. The number of para-hydroxylation sites is 1. The van der Waals surface area contributed by atoms with Gasteiger partial charge >= 0.3 is 5.97 Å². The van der Waals surface area contributed by atoms with E-state index in [-0.39, 0.29) is 36.3 Å². The van der Waals surface area contributed by atoms with E-state index in [1.54, 1.807) is 4.90 Å². The molecule has 22 heavy (non-hydrogen) atoms. The van der Waals surface area contributed by atoms with Crippen LogP contribution in [0.25, 0.3) is 0 Å². The molecular formula is C17H22ClNO3. The van der Waals surface area contributed by atoms with Crippen molar-refractivity contribution in [1.29, 1.82) is 0 Å². The maximum Gasteiger partial charge on any atom is 0.302 e. The van der Waals surface area contributed by atoms with Crippen molar-refractivity contribution in [3.05, 3.63) is 30.3 Å². The molecule has 1 aliphatic rings. The molecule has 3 unspecified atom stereocenters. The molecule has 3 atom stereocenters. The number of halogens is 1. The summed E-state index contributed by atoms with van der Waals surface area (Å²) >= 11 is 5.75. The monoisotopic (exact) mass is 323 g/mol. The van der Waals surface area contributed by atoms with E-state index in [0.717, 1.165) is 18.5 Å². The Morgan fingerprint density at radius 1 is 1.27 bits per heavy atom. The van der Waals surface area contributed by atoms with Crippen LogP contribution < -0.4 is 4.90 Å². The third kappa shape index (κ3) is 4.01. The summed E-state index contributed by atoms with van der Waals surface area (Å²) < 4.78 is 5.46. The van der Waals surface area contributed by atoms with E-state index in [0.29, 0.717) is 5.92 Å². The number of nitrogens with zero attached hydrogens (tertiary/aromatic N) is 1. The zero-order valence-electron chi connectivity index (χ0n) is 13.0. The molecule has 0 heterocycles. The fraction of sp³-hybridized carbons (Fsp3) is 0.529. The van der Waals surface area contributed by atoms with E-state index in [1.165, 1.54) is 6.92 Å². The first-order valence-electron chi connectivity index (χ1n) is 7.63. The average Bonchev–Trinajstić information content (AvgIpc) is 2.80. The van der Waals surface area contributed by atoms with Crippen molar-refractivity contribution in [1.82, 2.24) is 0 Å². The topological polar surface area (TPSA) is 46.6 Å². The molecule has 0 aliphatic heterocycles. The summed E-state index contributed by atoms with van der Waals surface area (Å²) in [6, 6.07) is 9.39. The molecule has 0 saturated heterocycles. The van der Waals surface area contributed by atoms with Crippen LogP contribution in [0.3, 0.4) is 0 Å². The number of benzene rings is 1. The minimum Gasteiger partial charge on any atom is -0.460 e. The highest BCUT2D eigenvalue weighted by Crippen LogP contribution is 2.34. The van der Waals surface area contributed by atoms with Crippen LogP contribution >= 0.6 is 11.6 Å². The van der Waals surface area contributed by atoms with Gasteiger partial charge in [-0.1, -0.05) is 25.1 Å². The summed E-state index contributed by atoms with van der Waals surface area (Å²) in [5.74, 6) is 0.353. The van der Waals surface area contributed by atoms with Gasteiger partial charge in [-0.25, -0.2) is 0 Å². The Labute approximate surface area is 136 Å². The molecule has 0 bridgehead atoms. The zero-order valence-corrected chi connectivity index (χ0v) is 13.8. The summed E-state index contributed by atoms with van der Waals surface area (Å²) in [6.45, 7) is 3.53. The second kappa shape index (κ2) is 7.63. The zero-order chi connectivity index (χ0) is 16.1. The quantitative estimate of drug-likeness (QED) is 0.616. The average molecular weight is 324 g/mol. The first kappa shape index (κ1) is 16.8. The highest BCUT2D eigenvalue weighted by molar-refractivity contribution is 6.19. The predicted octanol–water partition coefficient (Wildman–Crippen LogP) is 3.38. The van der Waals surface area contributed by atoms with E-state index in [1.807, 2.05) is 30.3 Å². The number of amides is 1. The molecule has 5 heteroatoms. The van der Waals surface area contributed by atoms with Gasteiger partial charge in [0.25, 0.3) is 0 Å². The van der Waals surface area contributed by atoms with Crippen LogP contribution in [0.5, 0.6) is 0 Å². The number of rotatable bonds is 5. The summed E-state index contributed by atoms with van der Waals surface area (Å²) in [5.41, 5.74) is 0.828. The maximum absolute atomic E-state index is 12.6. The van der Waals surface area contributed by atoms with Crippen LogP contribution in [0.4, 0.5) is 5.69 Å². The van der Waals surface area contributed by atoms with Crippen molar-refractivity contribution in [3.8, 4) is 0 Å². The minimum atomic E-state index is -0.304. The van der Waals surface area contributed by atoms with Gasteiger partial charge in [-0.05, 0) is 30.9 Å². The number of ether oxygens (including phenoxy) is 1. The fourth-order valence-electron chi connectivity index (χ4n) is 3.14. The van der Waals surface area contributed by atoms with Gasteiger partial charge in [0.05, 0.1) is 6.04 Å². The standard InChI is InChI=1S/C17H22ClNO3/c1-12-10-15(16(11-12)22-13(2)20)19(17(21)8-9-18)14-6-4-3-5-7-14/h3-7,12,15-16H,8-11H2,1-2H3. The Morgan fingerprint density at radius 3 is 2.55 bits per heavy atom. The van der Waals surface area contributed by atoms with Gasteiger partial charge in [0.15, 0.2) is 0 Å². The van der Waals surface area contributed by atoms with Crippen molar-refractivity contribution >= 4 is 29.2 Å². The molecule has 1 aromatic carbocycles. The second-order valence-corrected chi connectivity index (χ2v) is 6.21. The number of carbonyl (C=O) groups is 2. The number of esters is 1. The number of hydrogen-bond acceptors (Lipinski definition) is 3. The van der Waals surface area contributed by atoms with Crippen LogP contribution in [0.1, 0.15) is 33.1 Å². The second-order valence-electron chi connectivity index (χ2n) is 5.83. The van der Waals surface area contributed by atoms with E-state index in [2.05, 4.69) is 6.92 Å². The van der Waals surface area contributed by atoms with Crippen LogP contribution in [0.2, 0.25) is 0 Å². The molecule has 2 rings (SSSR count). The largest absolute Gasteiger partial charge is 0.460 e. The summed E-state index contributed by atoms with van der Waals surface area (Å²) in [5, 5.41) is 0. The molecule has 0 radical (unpaired) electrons. The highest BCUT2D eigenvalue weighted by Gasteiger charge is 2.40. The van der Waals surface area contributed by atoms with Crippen LogP contribution in [-0.4, -0.2) is 29.9 Å². The van der Waals surface area contributed by atoms with Gasteiger partial charge in [0, 0.05) is 24.9 Å². The lowest BCUT2D eigenvalue weighted by atomic mass is 10.1. The lowest BCUT2D eigenvalue weighted by Crippen LogP contribution is -2.46. The van der Waals surface area contributed by atoms with E-state index < -0.39 is 0 Å². The van der Waals surface area contributed by atoms with Gasteiger partial charge in [0.1, 0.15) is 6.10 Å². The van der Waals surface area contributed by atoms with E-state index in [9.17, 15) is 9.59 Å². The summed E-state index contributed by atoms with van der Waals surface area (Å²) in [4.78, 5) is 25.7. The Morgan fingerprint density at radius 2 is 1.95 bits per heavy atom. The fourth-order valence-corrected chi connectivity index (χ4v) is 3.30. The van der Waals surface area contributed by atoms with Gasteiger partial charge in [-0.15, -0.1) is 11.6 Å². The number of hydrogen-bond donors (Lipinski definition) is 0.